The van der Waals surface area contributed by atoms with Crippen LogP contribution in [0.4, 0.5) is 5.69 Å². The number of hydrogen-bond donors (Lipinski definition) is 2. The van der Waals surface area contributed by atoms with Gasteiger partial charge in [0.2, 0.25) is 0 Å². The third kappa shape index (κ3) is 4.04. The van der Waals surface area contributed by atoms with Crippen molar-refractivity contribution in [2.75, 3.05) is 31.6 Å². The second-order valence-corrected chi connectivity index (χ2v) is 6.88. The van der Waals surface area contributed by atoms with Crippen LogP contribution in [0.2, 0.25) is 0 Å². The number of nitrogens with zero attached hydrogens (tertiary/aromatic N) is 3. The average Bonchev–Trinajstić information content (AvgIpc) is 3.29. The number of nitrogens with one attached hydrogen (secondary N) is 2. The molecule has 29 heavy (non-hydrogen) atoms. The summed E-state index contributed by atoms with van der Waals surface area (Å²) < 4.78 is 5.77. The Morgan fingerprint density at radius 3 is 2.62 bits per heavy atom. The lowest BCUT2D eigenvalue weighted by Crippen LogP contribution is -2.33. The van der Waals surface area contributed by atoms with Crippen LogP contribution in [0.1, 0.15) is 27.7 Å². The van der Waals surface area contributed by atoms with E-state index in [0.717, 1.165) is 29.9 Å². The predicted octanol–water partition coefficient (Wildman–Crippen LogP) is 2.89. The number of benzene rings is 2. The van der Waals surface area contributed by atoms with Gasteiger partial charge in [0, 0.05) is 31.4 Å². The lowest BCUT2D eigenvalue weighted by Gasteiger charge is -2.24. The van der Waals surface area contributed by atoms with Gasteiger partial charge in [-0.3, -0.25) is 9.89 Å². The van der Waals surface area contributed by atoms with E-state index in [1.807, 2.05) is 36.4 Å². The molecule has 3 aromatic rings. The number of carbonyl (C=O) groups excluding carboxylic acids is 1. The smallest absolute Gasteiger partial charge is 0.276 e. The van der Waals surface area contributed by atoms with Crippen molar-refractivity contribution in [1.82, 2.24) is 15.5 Å². The fraction of sp³-hybridized carbons (Fsp3) is 0.227. The molecular weight excluding hydrogens is 366 g/mol. The number of morpholine rings is 1. The summed E-state index contributed by atoms with van der Waals surface area (Å²) in [6.07, 6.45) is 0.0430. The first-order valence-corrected chi connectivity index (χ1v) is 9.42. The van der Waals surface area contributed by atoms with E-state index in [-0.39, 0.29) is 12.0 Å². The van der Waals surface area contributed by atoms with Crippen LogP contribution < -0.4 is 10.2 Å². The summed E-state index contributed by atoms with van der Waals surface area (Å²) in [5.41, 5.74) is 4.35. The quantitative estimate of drug-likeness (QED) is 0.718. The van der Waals surface area contributed by atoms with Crippen molar-refractivity contribution in [3.05, 3.63) is 71.4 Å². The van der Waals surface area contributed by atoms with Gasteiger partial charge in [0.25, 0.3) is 5.91 Å². The normalized spacial score (nSPS) is 16.2. The number of rotatable bonds is 4. The Morgan fingerprint density at radius 2 is 1.97 bits per heavy atom. The second-order valence-electron chi connectivity index (χ2n) is 6.88. The lowest BCUT2D eigenvalue weighted by atomic mass is 10.1. The molecule has 0 radical (unpaired) electrons. The molecule has 2 aromatic carbocycles. The molecule has 7 nitrogen and oxygen atoms in total. The van der Waals surface area contributed by atoms with Crippen LogP contribution in [0.15, 0.2) is 54.6 Å². The minimum absolute atomic E-state index is 0.0430. The first kappa shape index (κ1) is 18.9. The second kappa shape index (κ2) is 8.27. The van der Waals surface area contributed by atoms with Gasteiger partial charge in [-0.1, -0.05) is 24.3 Å². The van der Waals surface area contributed by atoms with E-state index in [2.05, 4.69) is 21.6 Å². The van der Waals surface area contributed by atoms with Crippen LogP contribution in [-0.4, -0.2) is 42.8 Å². The molecule has 1 fully saturated rings. The summed E-state index contributed by atoms with van der Waals surface area (Å²) in [4.78, 5) is 14.4. The first-order valence-electron chi connectivity index (χ1n) is 9.42. The third-order valence-corrected chi connectivity index (χ3v) is 5.00. The molecule has 0 bridgehead atoms. The summed E-state index contributed by atoms with van der Waals surface area (Å²) in [6.45, 7) is 2.37. The highest BCUT2D eigenvalue weighted by atomic mass is 16.5. The zero-order valence-corrected chi connectivity index (χ0v) is 16.1. The highest BCUT2D eigenvalue weighted by Gasteiger charge is 2.19. The number of nitriles is 1. The van der Waals surface area contributed by atoms with E-state index >= 15 is 0 Å². The maximum Gasteiger partial charge on any atom is 0.276 e. The highest BCUT2D eigenvalue weighted by Crippen LogP contribution is 2.24. The number of carbonyl (C=O) groups is 1. The maximum absolute atomic E-state index is 12.9. The molecule has 1 aliphatic heterocycles. The van der Waals surface area contributed by atoms with E-state index in [4.69, 9.17) is 10.00 Å². The van der Waals surface area contributed by atoms with Crippen molar-refractivity contribution >= 4 is 11.6 Å². The van der Waals surface area contributed by atoms with Gasteiger partial charge in [-0.2, -0.15) is 10.4 Å². The fourth-order valence-electron chi connectivity index (χ4n) is 3.28. The van der Waals surface area contributed by atoms with Crippen LogP contribution in [0, 0.1) is 11.3 Å². The van der Waals surface area contributed by atoms with Crippen molar-refractivity contribution < 1.29 is 9.53 Å². The molecule has 0 saturated carbocycles. The van der Waals surface area contributed by atoms with Crippen LogP contribution in [0.5, 0.6) is 0 Å². The minimum atomic E-state index is -0.180. The van der Waals surface area contributed by atoms with E-state index in [1.54, 1.807) is 30.1 Å². The van der Waals surface area contributed by atoms with Gasteiger partial charge in [0.15, 0.2) is 0 Å². The Balaban J connectivity index is 1.47. The van der Waals surface area contributed by atoms with Gasteiger partial charge in [-0.05, 0) is 35.9 Å². The first-order chi connectivity index (χ1) is 14.2. The Labute approximate surface area is 168 Å². The highest BCUT2D eigenvalue weighted by molar-refractivity contribution is 6.04. The van der Waals surface area contributed by atoms with Crippen molar-refractivity contribution in [3.63, 3.8) is 0 Å². The zero-order chi connectivity index (χ0) is 20.2. The van der Waals surface area contributed by atoms with Crippen LogP contribution in [-0.2, 0) is 4.74 Å². The number of aromatic amines is 1. The molecule has 0 unspecified atom stereocenters. The summed E-state index contributed by atoms with van der Waals surface area (Å²) in [5, 5.41) is 19.3. The average molecular weight is 387 g/mol. The molecule has 1 atom stereocenters. The number of ether oxygens (including phenoxy) is 1. The molecule has 7 heteroatoms. The van der Waals surface area contributed by atoms with Gasteiger partial charge < -0.3 is 15.0 Å². The maximum atomic E-state index is 12.9. The largest absolute Gasteiger partial charge is 0.371 e. The lowest BCUT2D eigenvalue weighted by molar-refractivity contribution is 0.0277. The van der Waals surface area contributed by atoms with Crippen LogP contribution >= 0.6 is 0 Å². The Morgan fingerprint density at radius 1 is 1.21 bits per heavy atom. The SMILES string of the molecule is CN(C(=O)c1cc(-c2ccc(C#N)cc2)n[nH]1)c1ccc([C@H]2CNCCO2)cc1. The number of amides is 1. The molecule has 1 saturated heterocycles. The van der Waals surface area contributed by atoms with E-state index < -0.39 is 0 Å². The number of H-pyrrole nitrogens is 1. The van der Waals surface area contributed by atoms with Crippen molar-refractivity contribution in [1.29, 1.82) is 5.26 Å². The summed E-state index contributed by atoms with van der Waals surface area (Å²) in [5.74, 6) is -0.180. The van der Waals surface area contributed by atoms with Crippen molar-refractivity contribution in [2.24, 2.45) is 0 Å². The molecule has 2 N–H and O–H groups in total. The Kier molecular flexibility index (Phi) is 5.38. The van der Waals surface area contributed by atoms with Crippen LogP contribution in [0.3, 0.4) is 0 Å². The molecule has 146 valence electrons. The van der Waals surface area contributed by atoms with Crippen LogP contribution in [0.25, 0.3) is 11.3 Å². The monoisotopic (exact) mass is 387 g/mol. The van der Waals surface area contributed by atoms with Gasteiger partial charge >= 0.3 is 0 Å². The van der Waals surface area contributed by atoms with Gasteiger partial charge in [-0.15, -0.1) is 0 Å². The number of anilines is 1. The number of hydrogen-bond acceptors (Lipinski definition) is 5. The summed E-state index contributed by atoms with van der Waals surface area (Å²) in [7, 11) is 1.73. The molecule has 0 spiro atoms. The molecule has 1 amide bonds. The van der Waals surface area contributed by atoms with E-state index in [1.165, 1.54) is 0 Å². The van der Waals surface area contributed by atoms with Gasteiger partial charge in [0.05, 0.1) is 30.0 Å². The van der Waals surface area contributed by atoms with Crippen molar-refractivity contribution in [3.8, 4) is 17.3 Å². The zero-order valence-electron chi connectivity index (χ0n) is 16.1. The standard InChI is InChI=1S/C22H21N5O2/c1-27(18-8-6-17(7-9-18)21-14-24-10-11-29-21)22(28)20-12-19(25-26-20)16-4-2-15(13-23)3-5-16/h2-9,12,21,24H,10-11,14H2,1H3,(H,25,26)/t21-/m1/s1. The molecule has 0 aliphatic carbocycles. The minimum Gasteiger partial charge on any atom is -0.371 e. The topological polar surface area (TPSA) is 94.0 Å². The molecule has 1 aromatic heterocycles. The summed E-state index contributed by atoms with van der Waals surface area (Å²) >= 11 is 0. The van der Waals surface area contributed by atoms with Gasteiger partial charge in [-0.25, -0.2) is 0 Å². The molecule has 2 heterocycles. The summed E-state index contributed by atoms with van der Waals surface area (Å²) in [6, 6.07) is 18.7. The van der Waals surface area contributed by atoms with Gasteiger partial charge in [0.1, 0.15) is 5.69 Å². The van der Waals surface area contributed by atoms with E-state index in [9.17, 15) is 4.79 Å². The fourth-order valence-corrected chi connectivity index (χ4v) is 3.28. The Bertz CT molecular complexity index is 1030. The van der Waals surface area contributed by atoms with Crippen molar-refractivity contribution in [2.45, 2.75) is 6.10 Å². The predicted molar refractivity (Wildman–Crippen MR) is 109 cm³/mol. The third-order valence-electron chi connectivity index (χ3n) is 5.00. The Hall–Kier alpha value is -3.47. The molecule has 1 aliphatic rings. The number of aromatic nitrogens is 2. The van der Waals surface area contributed by atoms with E-state index in [0.29, 0.717) is 23.6 Å². The molecular formula is C22H21N5O2. The molecule has 4 rings (SSSR count).